The first-order chi connectivity index (χ1) is 13.4. The number of Topliss-reactive ketones (excluding diaryl/α,β-unsaturated/α-hetero) is 1. The molecular formula is C22H26N4O2. The number of ketones is 1. The normalized spacial score (nSPS) is 20.2. The molecule has 0 radical (unpaired) electrons. The van der Waals surface area contributed by atoms with Crippen molar-refractivity contribution in [2.24, 2.45) is 15.7 Å². The van der Waals surface area contributed by atoms with Crippen molar-refractivity contribution < 1.29 is 9.21 Å². The van der Waals surface area contributed by atoms with Gasteiger partial charge in [-0.1, -0.05) is 18.2 Å². The summed E-state index contributed by atoms with van der Waals surface area (Å²) in [4.78, 5) is 21.3. The quantitative estimate of drug-likeness (QED) is 0.724. The van der Waals surface area contributed by atoms with Crippen molar-refractivity contribution in [2.75, 3.05) is 7.05 Å². The van der Waals surface area contributed by atoms with Crippen LogP contribution >= 0.6 is 0 Å². The number of carbonyl (C=O) groups excluding carboxylic acids is 1. The molecule has 146 valence electrons. The van der Waals surface area contributed by atoms with E-state index in [0.717, 1.165) is 22.7 Å². The fourth-order valence-corrected chi connectivity index (χ4v) is 3.40. The fraction of sp³-hybridized carbons (Fsp3) is 0.318. The minimum absolute atomic E-state index is 0.0975. The standard InChI is InChI=1S/C22H26N4O2/c1-15-7-8-18(28-15)9-10-20(27)17-6-4-5-16(11-17)12-22(2)19(13-24-3)21(23)25-14-26-22/h4-8,11,13-14,24H,9-10,12H2,1-3H3,(H2,23,25,26). The molecule has 2 heterocycles. The highest BCUT2D eigenvalue weighted by atomic mass is 16.3. The van der Waals surface area contributed by atoms with Gasteiger partial charge in [0.15, 0.2) is 5.78 Å². The number of rotatable bonds is 7. The zero-order valence-electron chi connectivity index (χ0n) is 16.5. The van der Waals surface area contributed by atoms with Crippen molar-refractivity contribution in [1.82, 2.24) is 5.32 Å². The fourth-order valence-electron chi connectivity index (χ4n) is 3.40. The molecule has 6 nitrogen and oxygen atoms in total. The molecule has 1 aromatic carbocycles. The van der Waals surface area contributed by atoms with Crippen molar-refractivity contribution >= 4 is 18.0 Å². The van der Waals surface area contributed by atoms with E-state index in [1.165, 1.54) is 6.34 Å². The smallest absolute Gasteiger partial charge is 0.163 e. The second kappa shape index (κ2) is 8.25. The molecule has 0 fully saturated rings. The number of carbonyl (C=O) groups is 1. The van der Waals surface area contributed by atoms with Crippen LogP contribution in [0, 0.1) is 6.92 Å². The number of nitrogens with zero attached hydrogens (tertiary/aromatic N) is 2. The summed E-state index contributed by atoms with van der Waals surface area (Å²) < 4.78 is 5.55. The van der Waals surface area contributed by atoms with Crippen LogP contribution in [0.3, 0.4) is 0 Å². The van der Waals surface area contributed by atoms with Gasteiger partial charge >= 0.3 is 0 Å². The summed E-state index contributed by atoms with van der Waals surface area (Å²) in [7, 11) is 1.82. The van der Waals surface area contributed by atoms with Crippen LogP contribution in [-0.2, 0) is 12.8 Å². The molecule has 0 bridgehead atoms. The molecule has 1 aliphatic rings. The minimum Gasteiger partial charge on any atom is -0.466 e. The Morgan fingerprint density at radius 1 is 1.32 bits per heavy atom. The van der Waals surface area contributed by atoms with Crippen LogP contribution in [0.15, 0.2) is 62.6 Å². The minimum atomic E-state index is -0.539. The first kappa shape index (κ1) is 19.6. The van der Waals surface area contributed by atoms with Gasteiger partial charge in [0, 0.05) is 43.6 Å². The number of benzene rings is 1. The van der Waals surface area contributed by atoms with Crippen molar-refractivity contribution in [3.8, 4) is 0 Å². The van der Waals surface area contributed by atoms with Crippen molar-refractivity contribution in [3.05, 3.63) is 70.8 Å². The molecular weight excluding hydrogens is 352 g/mol. The average molecular weight is 378 g/mol. The molecule has 3 N–H and O–H groups in total. The van der Waals surface area contributed by atoms with Crippen molar-refractivity contribution in [3.63, 3.8) is 0 Å². The summed E-state index contributed by atoms with van der Waals surface area (Å²) in [6.07, 6.45) is 4.96. The third-order valence-corrected chi connectivity index (χ3v) is 4.88. The predicted octanol–water partition coefficient (Wildman–Crippen LogP) is 3.21. The number of aryl methyl sites for hydroxylation is 2. The van der Waals surface area contributed by atoms with Gasteiger partial charge in [0.2, 0.25) is 0 Å². The Hall–Kier alpha value is -3.15. The SMILES string of the molecule is CNC=C1C(N)=NC=NC1(C)Cc1cccc(C(=O)CCc2ccc(C)o2)c1. The molecule has 0 aliphatic carbocycles. The molecule has 1 atom stereocenters. The summed E-state index contributed by atoms with van der Waals surface area (Å²) in [6, 6.07) is 11.5. The molecule has 0 amide bonds. The molecule has 1 aliphatic heterocycles. The molecule has 1 unspecified atom stereocenters. The maximum atomic E-state index is 12.6. The zero-order chi connectivity index (χ0) is 20.1. The van der Waals surface area contributed by atoms with E-state index < -0.39 is 5.54 Å². The Bertz CT molecular complexity index is 955. The first-order valence-electron chi connectivity index (χ1n) is 9.34. The molecule has 1 aromatic heterocycles. The van der Waals surface area contributed by atoms with Gasteiger partial charge in [0.25, 0.3) is 0 Å². The van der Waals surface area contributed by atoms with Gasteiger partial charge in [-0.25, -0.2) is 4.99 Å². The zero-order valence-corrected chi connectivity index (χ0v) is 16.5. The van der Waals surface area contributed by atoms with E-state index in [4.69, 9.17) is 10.2 Å². The Balaban J connectivity index is 1.74. The van der Waals surface area contributed by atoms with E-state index in [-0.39, 0.29) is 5.78 Å². The van der Waals surface area contributed by atoms with Crippen molar-refractivity contribution in [1.29, 1.82) is 0 Å². The lowest BCUT2D eigenvalue weighted by atomic mass is 9.84. The Labute approximate surface area is 165 Å². The number of furan rings is 1. The van der Waals surface area contributed by atoms with Gasteiger partial charge in [-0.15, -0.1) is 0 Å². The van der Waals surface area contributed by atoms with E-state index >= 15 is 0 Å². The largest absolute Gasteiger partial charge is 0.466 e. The summed E-state index contributed by atoms with van der Waals surface area (Å²) in [5.41, 5.74) is 8.08. The van der Waals surface area contributed by atoms with Gasteiger partial charge < -0.3 is 15.5 Å². The maximum absolute atomic E-state index is 12.6. The van der Waals surface area contributed by atoms with E-state index in [1.54, 1.807) is 0 Å². The first-order valence-corrected chi connectivity index (χ1v) is 9.34. The van der Waals surface area contributed by atoms with E-state index in [9.17, 15) is 4.79 Å². The molecule has 3 rings (SSSR count). The highest BCUT2D eigenvalue weighted by molar-refractivity contribution is 6.04. The number of hydrogen-bond donors (Lipinski definition) is 2. The van der Waals surface area contributed by atoms with Crippen molar-refractivity contribution in [2.45, 2.75) is 38.6 Å². The van der Waals surface area contributed by atoms with Crippen LogP contribution in [0.4, 0.5) is 0 Å². The highest BCUT2D eigenvalue weighted by Crippen LogP contribution is 2.28. The van der Waals surface area contributed by atoms with Crippen LogP contribution in [-0.4, -0.2) is 30.5 Å². The number of amidine groups is 1. The van der Waals surface area contributed by atoms with E-state index in [0.29, 0.717) is 30.7 Å². The van der Waals surface area contributed by atoms with E-state index in [2.05, 4.69) is 15.3 Å². The number of hydrogen-bond acceptors (Lipinski definition) is 6. The van der Waals surface area contributed by atoms with Crippen LogP contribution in [0.25, 0.3) is 0 Å². The second-order valence-electron chi connectivity index (χ2n) is 7.19. The molecule has 28 heavy (non-hydrogen) atoms. The highest BCUT2D eigenvalue weighted by Gasteiger charge is 2.32. The van der Waals surface area contributed by atoms with Gasteiger partial charge in [-0.3, -0.25) is 9.79 Å². The third kappa shape index (κ3) is 4.39. The lowest BCUT2D eigenvalue weighted by Gasteiger charge is -2.30. The van der Waals surface area contributed by atoms with Crippen LogP contribution in [0.5, 0.6) is 0 Å². The van der Waals surface area contributed by atoms with Gasteiger partial charge in [-0.2, -0.15) is 0 Å². The summed E-state index contributed by atoms with van der Waals surface area (Å²) in [5, 5.41) is 3.01. The summed E-state index contributed by atoms with van der Waals surface area (Å²) in [6.45, 7) is 3.92. The Kier molecular flexibility index (Phi) is 5.78. The van der Waals surface area contributed by atoms with Crippen LogP contribution in [0.1, 0.15) is 40.8 Å². The molecule has 6 heteroatoms. The van der Waals surface area contributed by atoms with Gasteiger partial charge in [-0.05, 0) is 37.6 Å². The Morgan fingerprint density at radius 2 is 2.14 bits per heavy atom. The molecule has 0 saturated carbocycles. The monoisotopic (exact) mass is 378 g/mol. The Morgan fingerprint density at radius 3 is 2.86 bits per heavy atom. The van der Waals surface area contributed by atoms with Gasteiger partial charge in [0.1, 0.15) is 23.7 Å². The summed E-state index contributed by atoms with van der Waals surface area (Å²) in [5.74, 6) is 2.25. The molecule has 0 spiro atoms. The third-order valence-electron chi connectivity index (χ3n) is 4.88. The maximum Gasteiger partial charge on any atom is 0.163 e. The number of nitrogens with two attached hydrogens (primary N) is 1. The lowest BCUT2D eigenvalue weighted by molar-refractivity contribution is 0.0980. The number of nitrogens with one attached hydrogen (secondary N) is 1. The topological polar surface area (TPSA) is 93.0 Å². The van der Waals surface area contributed by atoms with Crippen LogP contribution < -0.4 is 11.1 Å². The lowest BCUT2D eigenvalue weighted by Crippen LogP contribution is -2.39. The molecule has 2 aromatic rings. The predicted molar refractivity (Wildman–Crippen MR) is 112 cm³/mol. The number of aliphatic imine (C=N–C) groups is 2. The average Bonchev–Trinajstić information content (AvgIpc) is 3.08. The van der Waals surface area contributed by atoms with Crippen LogP contribution in [0.2, 0.25) is 0 Å². The molecule has 0 saturated heterocycles. The van der Waals surface area contributed by atoms with Gasteiger partial charge in [0.05, 0.1) is 5.54 Å². The van der Waals surface area contributed by atoms with E-state index in [1.807, 2.05) is 63.5 Å². The second-order valence-corrected chi connectivity index (χ2v) is 7.19. The summed E-state index contributed by atoms with van der Waals surface area (Å²) >= 11 is 0.